The van der Waals surface area contributed by atoms with Gasteiger partial charge in [0.1, 0.15) is 0 Å². The second-order valence-electron chi connectivity index (χ2n) is 4.53. The van der Waals surface area contributed by atoms with Crippen molar-refractivity contribution in [3.8, 4) is 0 Å². The van der Waals surface area contributed by atoms with E-state index in [1.54, 1.807) is 0 Å². The van der Waals surface area contributed by atoms with Crippen molar-refractivity contribution in [2.24, 2.45) is 4.99 Å². The van der Waals surface area contributed by atoms with Crippen LogP contribution in [0.1, 0.15) is 30.9 Å². The van der Waals surface area contributed by atoms with Gasteiger partial charge in [-0.1, -0.05) is 36.9 Å². The van der Waals surface area contributed by atoms with Crippen LogP contribution in [0.5, 0.6) is 0 Å². The molecule has 92 valence electrons. The van der Waals surface area contributed by atoms with E-state index in [4.69, 9.17) is 4.99 Å². The number of hydrogen-bond donors (Lipinski definition) is 1. The van der Waals surface area contributed by atoms with E-state index < -0.39 is 0 Å². The molecule has 0 fully saturated rings. The number of benzene rings is 1. The molecule has 1 aromatic rings. The van der Waals surface area contributed by atoms with E-state index in [0.29, 0.717) is 6.04 Å². The molecule has 2 rings (SSSR count). The van der Waals surface area contributed by atoms with Crippen molar-refractivity contribution in [1.29, 1.82) is 0 Å². The van der Waals surface area contributed by atoms with Crippen LogP contribution in [0.2, 0.25) is 0 Å². The zero-order valence-corrected chi connectivity index (χ0v) is 11.6. The topological polar surface area (TPSA) is 24.4 Å². The molecule has 3 heteroatoms. The summed E-state index contributed by atoms with van der Waals surface area (Å²) in [5.74, 6) is 1.18. The Balaban J connectivity index is 2.18. The predicted octanol–water partition coefficient (Wildman–Crippen LogP) is 3.99. The highest BCUT2D eigenvalue weighted by molar-refractivity contribution is 8.14. The number of thioether (sulfide) groups is 1. The first-order valence-corrected chi connectivity index (χ1v) is 7.23. The molecule has 0 aliphatic carbocycles. The highest BCUT2D eigenvalue weighted by Crippen LogP contribution is 2.25. The summed E-state index contributed by atoms with van der Waals surface area (Å²) in [6.07, 6.45) is 2.34. The van der Waals surface area contributed by atoms with Crippen LogP contribution in [0.3, 0.4) is 0 Å². The van der Waals surface area contributed by atoms with Crippen LogP contribution >= 0.6 is 11.8 Å². The van der Waals surface area contributed by atoms with Crippen LogP contribution in [0.15, 0.2) is 23.2 Å². The Morgan fingerprint density at radius 1 is 1.35 bits per heavy atom. The number of rotatable bonds is 2. The predicted molar refractivity (Wildman–Crippen MR) is 78.1 cm³/mol. The first kappa shape index (κ1) is 12.5. The van der Waals surface area contributed by atoms with E-state index in [0.717, 1.165) is 11.6 Å². The minimum Gasteiger partial charge on any atom is -0.335 e. The van der Waals surface area contributed by atoms with Crippen LogP contribution in [-0.4, -0.2) is 17.0 Å². The lowest BCUT2D eigenvalue weighted by atomic mass is 10.1. The highest BCUT2D eigenvalue weighted by Gasteiger charge is 2.15. The van der Waals surface area contributed by atoms with Gasteiger partial charge in [-0.3, -0.25) is 4.99 Å². The lowest BCUT2D eigenvalue weighted by Crippen LogP contribution is -2.20. The molecular weight excluding hydrogens is 228 g/mol. The monoisotopic (exact) mass is 248 g/mol. The summed E-state index contributed by atoms with van der Waals surface area (Å²) in [5.41, 5.74) is 3.79. The molecule has 1 aliphatic heterocycles. The molecule has 1 N–H and O–H groups in total. The van der Waals surface area contributed by atoms with E-state index in [1.165, 1.54) is 29.0 Å². The third kappa shape index (κ3) is 3.03. The average molecular weight is 248 g/mol. The molecule has 17 heavy (non-hydrogen) atoms. The fourth-order valence-electron chi connectivity index (χ4n) is 2.04. The number of amidine groups is 1. The average Bonchev–Trinajstić information content (AvgIpc) is 2.34. The van der Waals surface area contributed by atoms with E-state index in [1.807, 2.05) is 11.8 Å². The van der Waals surface area contributed by atoms with Crippen molar-refractivity contribution in [3.63, 3.8) is 0 Å². The largest absolute Gasteiger partial charge is 0.335 e. The number of nitrogens with one attached hydrogen (secondary N) is 1. The molecule has 0 radical (unpaired) electrons. The Hall–Kier alpha value is -0.960. The summed E-state index contributed by atoms with van der Waals surface area (Å²) in [5, 5.41) is 4.58. The van der Waals surface area contributed by atoms with Gasteiger partial charge in [0.25, 0.3) is 0 Å². The van der Waals surface area contributed by atoms with Crippen LogP contribution in [0, 0.1) is 13.8 Å². The molecule has 2 nitrogen and oxygen atoms in total. The van der Waals surface area contributed by atoms with E-state index in [9.17, 15) is 0 Å². The van der Waals surface area contributed by atoms with Gasteiger partial charge in [0.15, 0.2) is 5.17 Å². The Bertz CT molecular complexity index is 406. The molecule has 0 bridgehead atoms. The standard InChI is InChI=1S/C14H20N2S/c1-4-12-8-9-17-14(15-12)16-13-10(2)6-5-7-11(13)3/h5-7,12H,4,8-9H2,1-3H3,(H,15,16). The first-order valence-electron chi connectivity index (χ1n) is 6.24. The van der Waals surface area contributed by atoms with Gasteiger partial charge in [-0.05, 0) is 37.8 Å². The molecule has 1 atom stereocenters. The van der Waals surface area contributed by atoms with Gasteiger partial charge in [-0.15, -0.1) is 0 Å². The summed E-state index contributed by atoms with van der Waals surface area (Å²) in [4.78, 5) is 4.75. The van der Waals surface area contributed by atoms with Crippen molar-refractivity contribution < 1.29 is 0 Å². The number of anilines is 1. The van der Waals surface area contributed by atoms with Crippen LogP contribution < -0.4 is 5.32 Å². The van der Waals surface area contributed by atoms with Crippen LogP contribution in [0.4, 0.5) is 5.69 Å². The molecule has 0 spiro atoms. The second kappa shape index (κ2) is 5.58. The molecule has 1 unspecified atom stereocenters. The molecule has 0 saturated heterocycles. The molecule has 1 aliphatic rings. The Kier molecular flexibility index (Phi) is 4.11. The van der Waals surface area contributed by atoms with Gasteiger partial charge in [0.05, 0.1) is 6.04 Å². The Morgan fingerprint density at radius 2 is 2.06 bits per heavy atom. The van der Waals surface area contributed by atoms with Crippen LogP contribution in [-0.2, 0) is 0 Å². The minimum atomic E-state index is 0.503. The second-order valence-corrected chi connectivity index (χ2v) is 5.61. The minimum absolute atomic E-state index is 0.503. The fraction of sp³-hybridized carbons (Fsp3) is 0.500. The normalized spacial score (nSPS) is 19.9. The number of aliphatic imine (C=N–C) groups is 1. The molecule has 1 heterocycles. The zero-order valence-electron chi connectivity index (χ0n) is 10.8. The maximum atomic E-state index is 4.75. The molecule has 1 aromatic carbocycles. The first-order chi connectivity index (χ1) is 8.20. The maximum absolute atomic E-state index is 4.75. The highest BCUT2D eigenvalue weighted by atomic mass is 32.2. The van der Waals surface area contributed by atoms with Crippen LogP contribution in [0.25, 0.3) is 0 Å². The van der Waals surface area contributed by atoms with Gasteiger partial charge >= 0.3 is 0 Å². The van der Waals surface area contributed by atoms with E-state index in [2.05, 4.69) is 44.3 Å². The summed E-state index contributed by atoms with van der Waals surface area (Å²) in [7, 11) is 0. The number of aryl methyl sites for hydroxylation is 2. The van der Waals surface area contributed by atoms with Gasteiger partial charge in [-0.2, -0.15) is 0 Å². The van der Waals surface area contributed by atoms with E-state index in [-0.39, 0.29) is 0 Å². The quantitative estimate of drug-likeness (QED) is 0.856. The van der Waals surface area contributed by atoms with Crippen molar-refractivity contribution in [2.75, 3.05) is 11.1 Å². The Labute approximate surface area is 108 Å². The third-order valence-corrected chi connectivity index (χ3v) is 4.09. The number of para-hydroxylation sites is 1. The van der Waals surface area contributed by atoms with Gasteiger partial charge < -0.3 is 5.32 Å². The summed E-state index contributed by atoms with van der Waals surface area (Å²) < 4.78 is 0. The third-order valence-electron chi connectivity index (χ3n) is 3.17. The number of hydrogen-bond acceptors (Lipinski definition) is 3. The SMILES string of the molecule is CCC1CCSC(Nc2c(C)cccc2C)=N1. The molecule has 0 saturated carbocycles. The van der Waals surface area contributed by atoms with Crippen molar-refractivity contribution in [1.82, 2.24) is 0 Å². The van der Waals surface area contributed by atoms with Crippen molar-refractivity contribution in [2.45, 2.75) is 39.7 Å². The van der Waals surface area contributed by atoms with Gasteiger partial charge in [0.2, 0.25) is 0 Å². The lowest BCUT2D eigenvalue weighted by Gasteiger charge is -2.21. The summed E-state index contributed by atoms with van der Waals surface area (Å²) >= 11 is 1.83. The molecular formula is C14H20N2S. The van der Waals surface area contributed by atoms with E-state index >= 15 is 0 Å². The Morgan fingerprint density at radius 3 is 2.71 bits per heavy atom. The van der Waals surface area contributed by atoms with Gasteiger partial charge in [-0.25, -0.2) is 0 Å². The van der Waals surface area contributed by atoms with Gasteiger partial charge in [0, 0.05) is 11.4 Å². The zero-order chi connectivity index (χ0) is 12.3. The maximum Gasteiger partial charge on any atom is 0.161 e. The smallest absolute Gasteiger partial charge is 0.161 e. The number of nitrogens with zero attached hydrogens (tertiary/aromatic N) is 1. The molecule has 0 aromatic heterocycles. The summed E-state index contributed by atoms with van der Waals surface area (Å²) in [6.45, 7) is 6.49. The van der Waals surface area contributed by atoms with Crippen molar-refractivity contribution >= 4 is 22.6 Å². The fourth-order valence-corrected chi connectivity index (χ4v) is 3.02. The lowest BCUT2D eigenvalue weighted by molar-refractivity contribution is 0.634. The summed E-state index contributed by atoms with van der Waals surface area (Å²) in [6, 6.07) is 6.88. The van der Waals surface area contributed by atoms with Crippen molar-refractivity contribution in [3.05, 3.63) is 29.3 Å². The molecule has 0 amide bonds.